The number of likely N-dealkylation sites (tertiary alicyclic amines) is 1. The van der Waals surface area contributed by atoms with E-state index in [-0.39, 0.29) is 0 Å². The predicted octanol–water partition coefficient (Wildman–Crippen LogP) is 2.16. The number of aliphatic hydroxyl groups is 1. The fourth-order valence-electron chi connectivity index (χ4n) is 3.64. The van der Waals surface area contributed by atoms with Crippen LogP contribution in [0.1, 0.15) is 46.0 Å². The summed E-state index contributed by atoms with van der Waals surface area (Å²) >= 11 is 0. The lowest BCUT2D eigenvalue weighted by Gasteiger charge is -2.46. The Morgan fingerprint density at radius 2 is 2.00 bits per heavy atom. The van der Waals surface area contributed by atoms with Gasteiger partial charge in [-0.3, -0.25) is 0 Å². The van der Waals surface area contributed by atoms with E-state index in [9.17, 15) is 10.4 Å². The highest BCUT2D eigenvalue weighted by atomic mass is 16.3. The summed E-state index contributed by atoms with van der Waals surface area (Å²) in [4.78, 5) is 2.36. The Morgan fingerprint density at radius 1 is 1.35 bits per heavy atom. The van der Waals surface area contributed by atoms with E-state index >= 15 is 0 Å². The van der Waals surface area contributed by atoms with Crippen LogP contribution in [0.5, 0.6) is 0 Å². The van der Waals surface area contributed by atoms with Gasteiger partial charge in [0.05, 0.1) is 17.1 Å². The number of rotatable bonds is 2. The highest BCUT2D eigenvalue weighted by Gasteiger charge is 2.54. The number of nitriles is 1. The lowest BCUT2D eigenvalue weighted by molar-refractivity contribution is -0.0953. The SMILES string of the molecule is CCN1CCC(O)(C2(C#N)CCC(C)C2)CC1. The molecule has 1 aliphatic heterocycles. The van der Waals surface area contributed by atoms with Crippen molar-refractivity contribution in [2.24, 2.45) is 11.3 Å². The quantitative estimate of drug-likeness (QED) is 0.799. The van der Waals surface area contributed by atoms with E-state index < -0.39 is 11.0 Å². The summed E-state index contributed by atoms with van der Waals surface area (Å²) in [5.41, 5.74) is -1.20. The van der Waals surface area contributed by atoms with Gasteiger partial charge in [-0.2, -0.15) is 5.26 Å². The topological polar surface area (TPSA) is 47.3 Å². The molecule has 0 aromatic rings. The van der Waals surface area contributed by atoms with Crippen LogP contribution >= 0.6 is 0 Å². The molecular formula is C14H24N2O. The Bertz CT molecular complexity index is 315. The molecule has 0 aromatic heterocycles. The third kappa shape index (κ3) is 2.09. The molecule has 1 saturated heterocycles. The lowest BCUT2D eigenvalue weighted by Crippen LogP contribution is -2.53. The third-order valence-corrected chi connectivity index (χ3v) is 5.00. The fraction of sp³-hybridized carbons (Fsp3) is 0.929. The first kappa shape index (κ1) is 12.9. The summed E-state index contributed by atoms with van der Waals surface area (Å²) in [6.07, 6.45) is 4.38. The first-order valence-corrected chi connectivity index (χ1v) is 6.91. The molecule has 1 heterocycles. The van der Waals surface area contributed by atoms with Gasteiger partial charge in [0.2, 0.25) is 0 Å². The molecule has 17 heavy (non-hydrogen) atoms. The Morgan fingerprint density at radius 3 is 2.41 bits per heavy atom. The summed E-state index contributed by atoms with van der Waals surface area (Å²) in [5, 5.41) is 20.5. The second-order valence-electron chi connectivity index (χ2n) is 6.01. The van der Waals surface area contributed by atoms with Crippen LogP contribution in [0.3, 0.4) is 0 Å². The monoisotopic (exact) mass is 236 g/mol. The van der Waals surface area contributed by atoms with Crippen molar-refractivity contribution in [3.8, 4) is 6.07 Å². The van der Waals surface area contributed by atoms with Crippen LogP contribution in [0.25, 0.3) is 0 Å². The van der Waals surface area contributed by atoms with E-state index in [0.717, 1.165) is 51.7 Å². The molecule has 1 saturated carbocycles. The number of piperidine rings is 1. The Balaban J connectivity index is 2.13. The van der Waals surface area contributed by atoms with Crippen LogP contribution in [0.4, 0.5) is 0 Å². The minimum absolute atomic E-state index is 0.466. The minimum atomic E-state index is -0.738. The van der Waals surface area contributed by atoms with Gasteiger partial charge in [-0.1, -0.05) is 13.8 Å². The molecule has 1 N–H and O–H groups in total. The summed E-state index contributed by atoms with van der Waals surface area (Å²) in [6, 6.07) is 2.48. The van der Waals surface area contributed by atoms with Gasteiger partial charge in [0.1, 0.15) is 0 Å². The Hall–Kier alpha value is -0.590. The molecule has 2 unspecified atom stereocenters. The van der Waals surface area contributed by atoms with Crippen molar-refractivity contribution in [3.05, 3.63) is 0 Å². The van der Waals surface area contributed by atoms with Crippen molar-refractivity contribution in [1.82, 2.24) is 4.90 Å². The van der Waals surface area contributed by atoms with E-state index in [2.05, 4.69) is 24.8 Å². The molecule has 3 nitrogen and oxygen atoms in total. The molecule has 1 aliphatic carbocycles. The summed E-state index contributed by atoms with van der Waals surface area (Å²) in [6.45, 7) is 7.27. The van der Waals surface area contributed by atoms with Gasteiger partial charge >= 0.3 is 0 Å². The van der Waals surface area contributed by atoms with E-state index in [1.165, 1.54) is 0 Å². The fourth-order valence-corrected chi connectivity index (χ4v) is 3.64. The van der Waals surface area contributed by atoms with Gasteiger partial charge < -0.3 is 10.0 Å². The largest absolute Gasteiger partial charge is 0.388 e. The van der Waals surface area contributed by atoms with Crippen molar-refractivity contribution < 1.29 is 5.11 Å². The smallest absolute Gasteiger partial charge is 0.0863 e. The number of hydrogen-bond acceptors (Lipinski definition) is 3. The van der Waals surface area contributed by atoms with Crippen LogP contribution in [-0.2, 0) is 0 Å². The normalized spacial score (nSPS) is 37.9. The molecule has 0 aromatic carbocycles. The molecule has 96 valence electrons. The zero-order valence-electron chi connectivity index (χ0n) is 11.1. The minimum Gasteiger partial charge on any atom is -0.388 e. The lowest BCUT2D eigenvalue weighted by atomic mass is 9.66. The maximum atomic E-state index is 10.9. The molecule has 2 aliphatic rings. The molecule has 3 heteroatoms. The van der Waals surface area contributed by atoms with Crippen molar-refractivity contribution >= 4 is 0 Å². The van der Waals surface area contributed by atoms with Gasteiger partial charge in [0.25, 0.3) is 0 Å². The molecule has 2 rings (SSSR count). The maximum Gasteiger partial charge on any atom is 0.0863 e. The molecule has 2 atom stereocenters. The standard InChI is InChI=1S/C14H24N2O/c1-3-16-8-6-14(17,7-9-16)13(11-15)5-4-12(2)10-13/h12,17H,3-10H2,1-2H3. The average Bonchev–Trinajstić information content (AvgIpc) is 2.74. The summed E-state index contributed by atoms with van der Waals surface area (Å²) < 4.78 is 0. The van der Waals surface area contributed by atoms with Crippen molar-refractivity contribution in [2.45, 2.75) is 51.6 Å². The maximum absolute atomic E-state index is 10.9. The summed E-state index contributed by atoms with van der Waals surface area (Å²) in [7, 11) is 0. The van der Waals surface area contributed by atoms with Gasteiger partial charge in [-0.15, -0.1) is 0 Å². The number of hydrogen-bond donors (Lipinski definition) is 1. The predicted molar refractivity (Wildman–Crippen MR) is 67.4 cm³/mol. The van der Waals surface area contributed by atoms with Crippen molar-refractivity contribution in [2.75, 3.05) is 19.6 Å². The van der Waals surface area contributed by atoms with E-state index in [1.807, 2.05) is 0 Å². The zero-order valence-corrected chi connectivity index (χ0v) is 11.1. The van der Waals surface area contributed by atoms with Gasteiger partial charge in [-0.25, -0.2) is 0 Å². The second kappa shape index (κ2) is 4.59. The van der Waals surface area contributed by atoms with E-state index in [4.69, 9.17) is 0 Å². The molecule has 0 spiro atoms. The van der Waals surface area contributed by atoms with Crippen molar-refractivity contribution in [3.63, 3.8) is 0 Å². The Labute approximate surface area is 104 Å². The molecule has 0 radical (unpaired) electrons. The summed E-state index contributed by atoms with van der Waals surface area (Å²) in [5.74, 6) is 0.586. The van der Waals surface area contributed by atoms with Crippen molar-refractivity contribution in [1.29, 1.82) is 5.26 Å². The van der Waals surface area contributed by atoms with Gasteiger partial charge in [0, 0.05) is 13.1 Å². The van der Waals surface area contributed by atoms with Crippen LogP contribution in [0, 0.1) is 22.7 Å². The van der Waals surface area contributed by atoms with Crippen LogP contribution in [-0.4, -0.2) is 35.2 Å². The number of nitrogens with zero attached hydrogens (tertiary/aromatic N) is 2. The molecule has 0 amide bonds. The third-order valence-electron chi connectivity index (χ3n) is 5.00. The van der Waals surface area contributed by atoms with Gasteiger partial charge in [-0.05, 0) is 44.6 Å². The molecule has 0 bridgehead atoms. The van der Waals surface area contributed by atoms with E-state index in [1.54, 1.807) is 0 Å². The van der Waals surface area contributed by atoms with Crippen LogP contribution in [0.15, 0.2) is 0 Å². The molecule has 2 fully saturated rings. The van der Waals surface area contributed by atoms with E-state index in [0.29, 0.717) is 5.92 Å². The average molecular weight is 236 g/mol. The van der Waals surface area contributed by atoms with Crippen LogP contribution in [0.2, 0.25) is 0 Å². The van der Waals surface area contributed by atoms with Crippen LogP contribution < -0.4 is 0 Å². The zero-order chi connectivity index (χ0) is 12.5. The first-order valence-electron chi connectivity index (χ1n) is 6.91. The van der Waals surface area contributed by atoms with Gasteiger partial charge in [0.15, 0.2) is 0 Å². The first-order chi connectivity index (χ1) is 8.05. The Kier molecular flexibility index (Phi) is 3.47. The second-order valence-corrected chi connectivity index (χ2v) is 6.01. The highest BCUT2D eigenvalue weighted by molar-refractivity contribution is 5.15. The molecular weight excluding hydrogens is 212 g/mol. The highest BCUT2D eigenvalue weighted by Crippen LogP contribution is 2.52.